The molecule has 0 aliphatic carbocycles. The lowest BCUT2D eigenvalue weighted by Gasteiger charge is -2.19. The third-order valence-electron chi connectivity index (χ3n) is 4.67. The van der Waals surface area contributed by atoms with Gasteiger partial charge in [-0.3, -0.25) is 14.9 Å². The van der Waals surface area contributed by atoms with Crippen molar-refractivity contribution in [2.45, 2.75) is 19.8 Å². The summed E-state index contributed by atoms with van der Waals surface area (Å²) < 4.78 is 10.6. The van der Waals surface area contributed by atoms with Gasteiger partial charge in [0.05, 0.1) is 18.1 Å². The van der Waals surface area contributed by atoms with Crippen LogP contribution in [0.25, 0.3) is 0 Å². The quantitative estimate of drug-likeness (QED) is 0.579. The number of carbonyl (C=O) groups is 1. The van der Waals surface area contributed by atoms with Crippen LogP contribution in [0.5, 0.6) is 11.5 Å². The third-order valence-corrected chi connectivity index (χ3v) is 4.67. The van der Waals surface area contributed by atoms with Crippen molar-refractivity contribution in [2.24, 2.45) is 0 Å². The number of non-ortho nitro benzene ring substituents is 1. The monoisotopic (exact) mass is 385 g/mol. The minimum Gasteiger partial charge on any atom is -0.493 e. The maximum atomic E-state index is 12.3. The zero-order valence-electron chi connectivity index (χ0n) is 15.9. The molecule has 1 saturated heterocycles. The molecule has 0 saturated carbocycles. The number of nitrogens with zero attached hydrogens (tertiary/aromatic N) is 2. The maximum absolute atomic E-state index is 12.3. The van der Waals surface area contributed by atoms with Crippen LogP contribution in [0.3, 0.4) is 0 Å². The number of anilines is 2. The first kappa shape index (κ1) is 19.5. The van der Waals surface area contributed by atoms with E-state index in [0.29, 0.717) is 11.4 Å². The van der Waals surface area contributed by atoms with E-state index in [-0.39, 0.29) is 24.0 Å². The number of amides is 1. The smallest absolute Gasteiger partial charge is 0.273 e. The average molecular weight is 385 g/mol. The molecule has 0 bridgehead atoms. The van der Waals surface area contributed by atoms with Gasteiger partial charge in [-0.15, -0.1) is 0 Å². The van der Waals surface area contributed by atoms with E-state index in [9.17, 15) is 14.9 Å². The first-order valence-corrected chi connectivity index (χ1v) is 9.08. The Morgan fingerprint density at radius 1 is 1.18 bits per heavy atom. The molecule has 1 N–H and O–H groups in total. The standard InChI is InChI=1S/C20H23N3O5/c1-14-11-15(22-9-3-4-10-22)5-7-17(14)21-20(24)13-28-19-12-16(23(25)26)6-8-18(19)27-2/h5-8,11-12H,3-4,9-10,13H2,1-2H3,(H,21,24). The summed E-state index contributed by atoms with van der Waals surface area (Å²) in [5.74, 6) is 0.114. The second-order valence-electron chi connectivity index (χ2n) is 6.62. The van der Waals surface area contributed by atoms with E-state index in [0.717, 1.165) is 24.3 Å². The van der Waals surface area contributed by atoms with E-state index in [1.54, 1.807) is 0 Å². The van der Waals surface area contributed by atoms with Crippen LogP contribution < -0.4 is 19.7 Å². The van der Waals surface area contributed by atoms with Crippen molar-refractivity contribution in [3.8, 4) is 11.5 Å². The lowest BCUT2D eigenvalue weighted by Crippen LogP contribution is -2.21. The Bertz CT molecular complexity index is 878. The molecule has 1 aliphatic rings. The van der Waals surface area contributed by atoms with Gasteiger partial charge in [-0.05, 0) is 49.6 Å². The Morgan fingerprint density at radius 2 is 1.93 bits per heavy atom. The van der Waals surface area contributed by atoms with Gasteiger partial charge in [0.1, 0.15) is 0 Å². The van der Waals surface area contributed by atoms with E-state index in [1.807, 2.05) is 19.1 Å². The van der Waals surface area contributed by atoms with Crippen LogP contribution in [0.15, 0.2) is 36.4 Å². The molecule has 1 heterocycles. The molecule has 0 unspecified atom stereocenters. The number of ether oxygens (including phenoxy) is 2. The van der Waals surface area contributed by atoms with E-state index in [2.05, 4.69) is 16.3 Å². The highest BCUT2D eigenvalue weighted by molar-refractivity contribution is 5.93. The van der Waals surface area contributed by atoms with Crippen molar-refractivity contribution in [3.05, 3.63) is 52.1 Å². The fourth-order valence-electron chi connectivity index (χ4n) is 3.18. The number of rotatable bonds is 7. The van der Waals surface area contributed by atoms with Crippen molar-refractivity contribution in [3.63, 3.8) is 0 Å². The molecule has 2 aromatic carbocycles. The average Bonchev–Trinajstić information content (AvgIpc) is 3.22. The fourth-order valence-corrected chi connectivity index (χ4v) is 3.18. The number of nitrogens with one attached hydrogen (secondary N) is 1. The molecular weight excluding hydrogens is 362 g/mol. The third kappa shape index (κ3) is 4.51. The van der Waals surface area contributed by atoms with Gasteiger partial charge in [-0.25, -0.2) is 0 Å². The highest BCUT2D eigenvalue weighted by Gasteiger charge is 2.16. The Balaban J connectivity index is 1.63. The van der Waals surface area contributed by atoms with Crippen molar-refractivity contribution >= 4 is 23.0 Å². The summed E-state index contributed by atoms with van der Waals surface area (Å²) in [7, 11) is 1.43. The number of nitro groups is 1. The van der Waals surface area contributed by atoms with Crippen LogP contribution >= 0.6 is 0 Å². The fraction of sp³-hybridized carbons (Fsp3) is 0.350. The Hall–Kier alpha value is -3.29. The number of aryl methyl sites for hydroxylation is 1. The highest BCUT2D eigenvalue weighted by Crippen LogP contribution is 2.31. The SMILES string of the molecule is COc1ccc([N+](=O)[O-])cc1OCC(=O)Nc1ccc(N2CCCC2)cc1C. The molecule has 2 aromatic rings. The molecule has 0 radical (unpaired) electrons. The number of carbonyl (C=O) groups excluding carboxylic acids is 1. The molecule has 0 atom stereocenters. The number of nitro benzene ring substituents is 1. The normalized spacial score (nSPS) is 13.3. The lowest BCUT2D eigenvalue weighted by atomic mass is 10.1. The highest BCUT2D eigenvalue weighted by atomic mass is 16.6. The molecule has 8 nitrogen and oxygen atoms in total. The number of benzene rings is 2. The van der Waals surface area contributed by atoms with E-state index >= 15 is 0 Å². The Kier molecular flexibility index (Phi) is 5.98. The van der Waals surface area contributed by atoms with Crippen LogP contribution in [0.4, 0.5) is 17.1 Å². The van der Waals surface area contributed by atoms with Crippen molar-refractivity contribution < 1.29 is 19.2 Å². The topological polar surface area (TPSA) is 93.9 Å². The van der Waals surface area contributed by atoms with Crippen molar-refractivity contribution in [1.29, 1.82) is 0 Å². The molecule has 8 heteroatoms. The van der Waals surface area contributed by atoms with Gasteiger partial charge in [0.25, 0.3) is 11.6 Å². The summed E-state index contributed by atoms with van der Waals surface area (Å²) in [4.78, 5) is 25.0. The van der Waals surface area contributed by atoms with Gasteiger partial charge in [0, 0.05) is 30.5 Å². The van der Waals surface area contributed by atoms with Gasteiger partial charge in [-0.1, -0.05) is 0 Å². The molecule has 28 heavy (non-hydrogen) atoms. The van der Waals surface area contributed by atoms with E-state index in [4.69, 9.17) is 9.47 Å². The van der Waals surface area contributed by atoms with Gasteiger partial charge in [0.2, 0.25) is 0 Å². The molecule has 148 valence electrons. The predicted octanol–water partition coefficient (Wildman–Crippen LogP) is 3.53. The minimum absolute atomic E-state index is 0.135. The maximum Gasteiger partial charge on any atom is 0.273 e. The van der Waals surface area contributed by atoms with Crippen LogP contribution in [0.1, 0.15) is 18.4 Å². The molecule has 1 aliphatic heterocycles. The predicted molar refractivity (Wildman–Crippen MR) is 106 cm³/mol. The van der Waals surface area contributed by atoms with Crippen LogP contribution in [-0.4, -0.2) is 37.6 Å². The number of hydrogen-bond donors (Lipinski definition) is 1. The lowest BCUT2D eigenvalue weighted by molar-refractivity contribution is -0.385. The Morgan fingerprint density at radius 3 is 2.57 bits per heavy atom. The zero-order chi connectivity index (χ0) is 20.1. The summed E-state index contributed by atoms with van der Waals surface area (Å²) in [5.41, 5.74) is 2.70. The van der Waals surface area contributed by atoms with Crippen LogP contribution in [0.2, 0.25) is 0 Å². The molecule has 1 amide bonds. The van der Waals surface area contributed by atoms with Gasteiger partial charge < -0.3 is 19.7 Å². The summed E-state index contributed by atoms with van der Waals surface area (Å²) in [5, 5.41) is 13.7. The van der Waals surface area contributed by atoms with Crippen LogP contribution in [0, 0.1) is 17.0 Å². The first-order chi connectivity index (χ1) is 13.5. The van der Waals surface area contributed by atoms with Gasteiger partial charge in [-0.2, -0.15) is 0 Å². The van der Waals surface area contributed by atoms with E-state index in [1.165, 1.54) is 38.2 Å². The van der Waals surface area contributed by atoms with Crippen molar-refractivity contribution in [2.75, 3.05) is 37.0 Å². The summed E-state index contributed by atoms with van der Waals surface area (Å²) in [6, 6.07) is 9.93. The summed E-state index contributed by atoms with van der Waals surface area (Å²) in [6.45, 7) is 3.78. The Labute approximate surface area is 163 Å². The minimum atomic E-state index is -0.530. The van der Waals surface area contributed by atoms with Gasteiger partial charge >= 0.3 is 0 Å². The molecule has 0 aromatic heterocycles. The molecule has 3 rings (SSSR count). The first-order valence-electron chi connectivity index (χ1n) is 9.08. The van der Waals surface area contributed by atoms with E-state index < -0.39 is 4.92 Å². The second-order valence-corrected chi connectivity index (χ2v) is 6.62. The second kappa shape index (κ2) is 8.60. The number of hydrogen-bond acceptors (Lipinski definition) is 6. The van der Waals surface area contributed by atoms with Gasteiger partial charge in [0.15, 0.2) is 18.1 Å². The molecular formula is C20H23N3O5. The molecule has 0 spiro atoms. The largest absolute Gasteiger partial charge is 0.493 e. The molecule has 1 fully saturated rings. The number of methoxy groups -OCH3 is 1. The van der Waals surface area contributed by atoms with Crippen molar-refractivity contribution in [1.82, 2.24) is 0 Å². The van der Waals surface area contributed by atoms with Crippen LogP contribution in [-0.2, 0) is 4.79 Å². The zero-order valence-corrected chi connectivity index (χ0v) is 15.9. The summed E-state index contributed by atoms with van der Waals surface area (Å²) in [6.07, 6.45) is 2.41. The summed E-state index contributed by atoms with van der Waals surface area (Å²) >= 11 is 0.